The van der Waals surface area contributed by atoms with Gasteiger partial charge in [-0.15, -0.1) is 0 Å². The van der Waals surface area contributed by atoms with Gasteiger partial charge in [-0.25, -0.2) is 4.79 Å². The van der Waals surface area contributed by atoms with Crippen molar-refractivity contribution in [3.63, 3.8) is 0 Å². The minimum absolute atomic E-state index is 0.0109. The van der Waals surface area contributed by atoms with E-state index in [1.165, 1.54) is 5.56 Å². The molecule has 2 aliphatic rings. The van der Waals surface area contributed by atoms with Crippen LogP contribution in [0.2, 0.25) is 0 Å². The summed E-state index contributed by atoms with van der Waals surface area (Å²) in [4.78, 5) is 24.7. The van der Waals surface area contributed by atoms with Crippen LogP contribution in [0.4, 0.5) is 0 Å². The van der Waals surface area contributed by atoms with Crippen LogP contribution in [0.1, 0.15) is 58.6 Å². The topological polar surface area (TPSA) is 72.8 Å². The molecule has 5 nitrogen and oxygen atoms in total. The van der Waals surface area contributed by atoms with Crippen molar-refractivity contribution in [2.24, 2.45) is 5.92 Å². The van der Waals surface area contributed by atoms with Crippen molar-refractivity contribution in [3.8, 4) is 0 Å². The summed E-state index contributed by atoms with van der Waals surface area (Å²) < 4.78 is 11.5. The number of aryl methyl sites for hydroxylation is 2. The van der Waals surface area contributed by atoms with E-state index in [0.717, 1.165) is 30.4 Å². The summed E-state index contributed by atoms with van der Waals surface area (Å²) in [6.07, 6.45) is 3.09. The van der Waals surface area contributed by atoms with Gasteiger partial charge in [-0.3, -0.25) is 4.79 Å². The van der Waals surface area contributed by atoms with Crippen molar-refractivity contribution >= 4 is 11.9 Å². The average molecular weight is 485 g/mol. The molecule has 0 radical (unpaired) electrons. The SMILES string of the molecule is O=C1C[C@H]2C(CC(OC(=O)c3ccccc3)C2c2ccc(CC[C@H](O)CCc3ccccc3)cc2)O1. The number of aliphatic hydroxyl groups excluding tert-OH is 1. The van der Waals surface area contributed by atoms with Crippen LogP contribution in [0.5, 0.6) is 0 Å². The molecule has 1 aliphatic heterocycles. The summed E-state index contributed by atoms with van der Waals surface area (Å²) in [5.74, 6) is -0.599. The van der Waals surface area contributed by atoms with Gasteiger partial charge in [0.1, 0.15) is 12.2 Å². The molecule has 3 unspecified atom stereocenters. The highest BCUT2D eigenvalue weighted by Crippen LogP contribution is 2.48. The smallest absolute Gasteiger partial charge is 0.338 e. The zero-order chi connectivity index (χ0) is 24.9. The summed E-state index contributed by atoms with van der Waals surface area (Å²) in [5.41, 5.74) is 3.97. The third-order valence-corrected chi connectivity index (χ3v) is 7.50. The van der Waals surface area contributed by atoms with Gasteiger partial charge in [-0.1, -0.05) is 72.8 Å². The number of fused-ring (bicyclic) bond motifs is 1. The van der Waals surface area contributed by atoms with Crippen molar-refractivity contribution in [1.29, 1.82) is 0 Å². The number of benzene rings is 3. The minimum atomic E-state index is -0.349. The highest BCUT2D eigenvalue weighted by atomic mass is 16.6. The fourth-order valence-corrected chi connectivity index (χ4v) is 5.59. The highest BCUT2D eigenvalue weighted by Gasteiger charge is 2.52. The number of hydrogen-bond acceptors (Lipinski definition) is 5. The van der Waals surface area contributed by atoms with E-state index < -0.39 is 0 Å². The Balaban J connectivity index is 1.21. The van der Waals surface area contributed by atoms with Gasteiger partial charge < -0.3 is 14.6 Å². The molecule has 36 heavy (non-hydrogen) atoms. The van der Waals surface area contributed by atoms with E-state index in [1.807, 2.05) is 36.4 Å². The second-order valence-electron chi connectivity index (χ2n) is 9.93. The first kappa shape index (κ1) is 24.3. The molecule has 3 aromatic carbocycles. The van der Waals surface area contributed by atoms with Crippen LogP contribution >= 0.6 is 0 Å². The number of ether oxygens (including phenoxy) is 2. The molecule has 0 bridgehead atoms. The standard InChI is InChI=1S/C31H32O5/c32-25(17-13-21-7-3-1-4-8-21)18-14-22-11-15-23(16-12-22)30-26-19-29(33)35-27(26)20-28(30)36-31(34)24-9-5-2-6-10-24/h1-12,15-16,25-28,30,32H,13-14,17-20H2/t25-,26+,27?,28?,30?/m1/s1. The molecule has 0 spiro atoms. The maximum Gasteiger partial charge on any atom is 0.338 e. The first-order valence-electron chi connectivity index (χ1n) is 12.8. The van der Waals surface area contributed by atoms with Crippen LogP contribution < -0.4 is 0 Å². The molecule has 0 aromatic heterocycles. The number of rotatable bonds is 9. The molecule has 2 fully saturated rings. The fraction of sp³-hybridized carbons (Fsp3) is 0.355. The summed E-state index contributed by atoms with van der Waals surface area (Å²) in [7, 11) is 0. The second-order valence-corrected chi connectivity index (χ2v) is 9.93. The van der Waals surface area contributed by atoms with Crippen LogP contribution in [0.15, 0.2) is 84.9 Å². The van der Waals surface area contributed by atoms with Gasteiger partial charge in [0.25, 0.3) is 0 Å². The van der Waals surface area contributed by atoms with E-state index in [4.69, 9.17) is 9.47 Å². The normalized spacial score (nSPS) is 23.6. The van der Waals surface area contributed by atoms with Crippen LogP contribution in [0, 0.1) is 5.92 Å². The molecule has 5 rings (SSSR count). The van der Waals surface area contributed by atoms with Crippen LogP contribution in [-0.2, 0) is 27.1 Å². The maximum atomic E-state index is 12.8. The Morgan fingerprint density at radius 2 is 1.50 bits per heavy atom. The summed E-state index contributed by atoms with van der Waals surface area (Å²) in [6.45, 7) is 0. The summed E-state index contributed by atoms with van der Waals surface area (Å²) in [5, 5.41) is 10.4. The van der Waals surface area contributed by atoms with Crippen molar-refractivity contribution in [1.82, 2.24) is 0 Å². The Labute approximate surface area is 212 Å². The Hall–Kier alpha value is -3.44. The predicted octanol–water partition coefficient (Wildman–Crippen LogP) is 5.26. The molecule has 186 valence electrons. The van der Waals surface area contributed by atoms with E-state index >= 15 is 0 Å². The van der Waals surface area contributed by atoms with Crippen LogP contribution in [0.25, 0.3) is 0 Å². The van der Waals surface area contributed by atoms with Crippen molar-refractivity contribution in [2.45, 2.75) is 62.8 Å². The lowest BCUT2D eigenvalue weighted by atomic mass is 9.85. The molecule has 1 aliphatic carbocycles. The van der Waals surface area contributed by atoms with E-state index in [-0.39, 0.29) is 42.1 Å². The van der Waals surface area contributed by atoms with Gasteiger partial charge in [-0.05, 0) is 54.5 Å². The van der Waals surface area contributed by atoms with Gasteiger partial charge in [-0.2, -0.15) is 0 Å². The molecule has 1 saturated carbocycles. The third-order valence-electron chi connectivity index (χ3n) is 7.50. The summed E-state index contributed by atoms with van der Waals surface area (Å²) >= 11 is 0. The lowest BCUT2D eigenvalue weighted by molar-refractivity contribution is -0.141. The Morgan fingerprint density at radius 1 is 0.889 bits per heavy atom. The lowest BCUT2D eigenvalue weighted by Crippen LogP contribution is -2.24. The quantitative estimate of drug-likeness (QED) is 0.420. The van der Waals surface area contributed by atoms with Gasteiger partial charge >= 0.3 is 11.9 Å². The molecular formula is C31H32O5. The lowest BCUT2D eigenvalue weighted by Gasteiger charge is -2.24. The molecule has 0 amide bonds. The first-order valence-corrected chi connectivity index (χ1v) is 12.8. The summed E-state index contributed by atoms with van der Waals surface area (Å²) in [6, 6.07) is 27.5. The molecule has 1 saturated heterocycles. The van der Waals surface area contributed by atoms with Crippen molar-refractivity contribution < 1.29 is 24.2 Å². The van der Waals surface area contributed by atoms with Crippen molar-refractivity contribution in [2.75, 3.05) is 0 Å². The Kier molecular flexibility index (Phi) is 7.47. The minimum Gasteiger partial charge on any atom is -0.462 e. The van der Waals surface area contributed by atoms with Gasteiger partial charge in [0.15, 0.2) is 0 Å². The molecule has 1 N–H and O–H groups in total. The molecule has 3 aromatic rings. The van der Waals surface area contributed by atoms with Crippen LogP contribution in [0.3, 0.4) is 0 Å². The molecule has 5 heteroatoms. The maximum absolute atomic E-state index is 12.8. The van der Waals surface area contributed by atoms with E-state index in [1.54, 1.807) is 12.1 Å². The Bertz CT molecular complexity index is 1160. The number of esters is 2. The Morgan fingerprint density at radius 3 is 2.17 bits per heavy atom. The second kappa shape index (κ2) is 11.1. The number of aliphatic hydroxyl groups is 1. The van der Waals surface area contributed by atoms with Crippen molar-refractivity contribution in [3.05, 3.63) is 107 Å². The monoisotopic (exact) mass is 484 g/mol. The largest absolute Gasteiger partial charge is 0.462 e. The van der Waals surface area contributed by atoms with E-state index in [2.05, 4.69) is 36.4 Å². The number of carbonyl (C=O) groups is 2. The average Bonchev–Trinajstić information content (AvgIpc) is 3.42. The first-order chi connectivity index (χ1) is 17.6. The van der Waals surface area contributed by atoms with E-state index in [0.29, 0.717) is 24.8 Å². The number of carbonyl (C=O) groups excluding carboxylic acids is 2. The van der Waals surface area contributed by atoms with Crippen LogP contribution in [-0.4, -0.2) is 35.4 Å². The number of hydrogen-bond donors (Lipinski definition) is 1. The zero-order valence-electron chi connectivity index (χ0n) is 20.3. The third kappa shape index (κ3) is 5.68. The van der Waals surface area contributed by atoms with Gasteiger partial charge in [0.05, 0.1) is 18.1 Å². The van der Waals surface area contributed by atoms with Gasteiger partial charge in [0.2, 0.25) is 0 Å². The zero-order valence-corrected chi connectivity index (χ0v) is 20.3. The highest BCUT2D eigenvalue weighted by molar-refractivity contribution is 5.89. The molecular weight excluding hydrogens is 452 g/mol. The molecule has 1 heterocycles. The molecule has 5 atom stereocenters. The fourth-order valence-electron chi connectivity index (χ4n) is 5.59. The van der Waals surface area contributed by atoms with E-state index in [9.17, 15) is 14.7 Å². The predicted molar refractivity (Wildman–Crippen MR) is 137 cm³/mol. The van der Waals surface area contributed by atoms with Gasteiger partial charge in [0, 0.05) is 18.3 Å².